The van der Waals surface area contributed by atoms with Crippen LogP contribution in [-0.2, 0) is 19.2 Å². The van der Waals surface area contributed by atoms with E-state index in [-0.39, 0.29) is 0 Å². The molecule has 4 unspecified atom stereocenters. The van der Waals surface area contributed by atoms with Crippen LogP contribution in [-0.4, -0.2) is 34.1 Å². The van der Waals surface area contributed by atoms with Crippen LogP contribution >= 0.6 is 0 Å². The Bertz CT molecular complexity index is 1390. The first-order valence-corrected chi connectivity index (χ1v) is 14.0. The van der Waals surface area contributed by atoms with Gasteiger partial charge in [0.1, 0.15) is 11.5 Å². The number of aliphatic carboxylic acids is 2. The molecule has 5 rings (SSSR count). The molecule has 2 N–H and O–H groups in total. The molecule has 0 heterocycles. The van der Waals surface area contributed by atoms with Crippen molar-refractivity contribution in [2.45, 2.75) is 65.2 Å². The number of benzene rings is 3. The summed E-state index contributed by atoms with van der Waals surface area (Å²) in [5.74, 6) is -5.61. The summed E-state index contributed by atoms with van der Waals surface area (Å²) < 4.78 is 12.1. The van der Waals surface area contributed by atoms with Crippen molar-refractivity contribution in [3.8, 4) is 11.5 Å². The minimum absolute atomic E-state index is 0.300. The standard InChI is InChI=1S/C32H34O8/c1-17-11-13-19-25(15-17)27(39-31(37)23-9-5-3-7-21(23)29(33)34)20-14-12-18(2)16-26(20)28(19)40-32(38)24-10-6-4-8-22(24)30(35)36/h11-16,21-24H,3-10H2,1-2H3,(H,33,34)(H,35,36). The third-order valence-electron chi connectivity index (χ3n) is 8.51. The number of fused-ring (bicyclic) bond motifs is 2. The number of carboxylic acid groups (broad SMARTS) is 2. The zero-order valence-electron chi connectivity index (χ0n) is 22.8. The highest BCUT2D eigenvalue weighted by Gasteiger charge is 2.39. The zero-order valence-corrected chi connectivity index (χ0v) is 22.8. The van der Waals surface area contributed by atoms with Crippen molar-refractivity contribution in [1.82, 2.24) is 0 Å². The fraction of sp³-hybridized carbons (Fsp3) is 0.438. The Morgan fingerprint density at radius 2 is 0.925 bits per heavy atom. The monoisotopic (exact) mass is 546 g/mol. The van der Waals surface area contributed by atoms with Gasteiger partial charge in [0.2, 0.25) is 0 Å². The van der Waals surface area contributed by atoms with Gasteiger partial charge in [0.15, 0.2) is 0 Å². The summed E-state index contributed by atoms with van der Waals surface area (Å²) in [4.78, 5) is 50.7. The van der Waals surface area contributed by atoms with Crippen LogP contribution in [0.1, 0.15) is 62.5 Å². The van der Waals surface area contributed by atoms with Gasteiger partial charge in [0.05, 0.1) is 23.7 Å². The lowest BCUT2D eigenvalue weighted by Crippen LogP contribution is -2.35. The summed E-state index contributed by atoms with van der Waals surface area (Å²) in [6, 6.07) is 11.1. The summed E-state index contributed by atoms with van der Waals surface area (Å²) in [5, 5.41) is 21.7. The van der Waals surface area contributed by atoms with E-state index in [1.54, 1.807) is 0 Å². The Kier molecular flexibility index (Phi) is 7.79. The van der Waals surface area contributed by atoms with Gasteiger partial charge in [-0.1, -0.05) is 61.1 Å². The van der Waals surface area contributed by atoms with Crippen molar-refractivity contribution in [3.63, 3.8) is 0 Å². The quantitative estimate of drug-likeness (QED) is 0.212. The van der Waals surface area contributed by atoms with Crippen LogP contribution in [0, 0.1) is 37.5 Å². The van der Waals surface area contributed by atoms with Gasteiger partial charge in [0, 0.05) is 21.5 Å². The number of esters is 2. The summed E-state index contributed by atoms with van der Waals surface area (Å²) in [6.07, 6.45) is 4.80. The number of hydrogen-bond donors (Lipinski definition) is 2. The maximum Gasteiger partial charge on any atom is 0.315 e. The number of carbonyl (C=O) groups excluding carboxylic acids is 2. The molecule has 2 aliphatic carbocycles. The lowest BCUT2D eigenvalue weighted by molar-refractivity contribution is -0.154. The molecule has 2 saturated carbocycles. The van der Waals surface area contributed by atoms with Crippen LogP contribution in [0.25, 0.3) is 21.5 Å². The van der Waals surface area contributed by atoms with E-state index in [2.05, 4.69) is 0 Å². The fourth-order valence-electron chi connectivity index (χ4n) is 6.37. The third kappa shape index (κ3) is 5.27. The molecule has 210 valence electrons. The number of ether oxygens (including phenoxy) is 2. The van der Waals surface area contributed by atoms with Gasteiger partial charge in [-0.2, -0.15) is 0 Å². The Labute approximate surface area is 232 Å². The first-order chi connectivity index (χ1) is 19.2. The summed E-state index contributed by atoms with van der Waals surface area (Å²) in [5.41, 5.74) is 1.79. The highest BCUT2D eigenvalue weighted by molar-refractivity contribution is 6.13. The first-order valence-electron chi connectivity index (χ1n) is 14.0. The van der Waals surface area contributed by atoms with Crippen molar-refractivity contribution in [2.75, 3.05) is 0 Å². The van der Waals surface area contributed by atoms with Crippen molar-refractivity contribution in [3.05, 3.63) is 47.5 Å². The number of aryl methyl sites for hydroxylation is 2. The van der Waals surface area contributed by atoms with Gasteiger partial charge in [0.25, 0.3) is 0 Å². The molecule has 40 heavy (non-hydrogen) atoms. The van der Waals surface area contributed by atoms with Gasteiger partial charge in [-0.3, -0.25) is 19.2 Å². The molecule has 0 aliphatic heterocycles. The van der Waals surface area contributed by atoms with Gasteiger partial charge in [-0.15, -0.1) is 0 Å². The average molecular weight is 547 g/mol. The Balaban J connectivity index is 1.62. The average Bonchev–Trinajstić information content (AvgIpc) is 2.94. The minimum atomic E-state index is -0.993. The number of carbonyl (C=O) groups is 4. The topological polar surface area (TPSA) is 127 Å². The van der Waals surface area contributed by atoms with Crippen LogP contribution in [0.15, 0.2) is 36.4 Å². The summed E-state index contributed by atoms with van der Waals surface area (Å²) >= 11 is 0. The van der Waals surface area contributed by atoms with Gasteiger partial charge in [-0.05, 0) is 51.7 Å². The first kappa shape index (κ1) is 27.6. The third-order valence-corrected chi connectivity index (χ3v) is 8.51. The second-order valence-corrected chi connectivity index (χ2v) is 11.3. The Hall–Kier alpha value is -3.94. The van der Waals surface area contributed by atoms with E-state index >= 15 is 0 Å². The van der Waals surface area contributed by atoms with Crippen LogP contribution in [0.3, 0.4) is 0 Å². The molecule has 2 fully saturated rings. The maximum absolute atomic E-state index is 13.5. The predicted octanol–water partition coefficient (Wildman–Crippen LogP) is 6.20. The van der Waals surface area contributed by atoms with E-state index in [0.29, 0.717) is 58.7 Å². The van der Waals surface area contributed by atoms with E-state index in [4.69, 9.17) is 9.47 Å². The van der Waals surface area contributed by atoms with Crippen molar-refractivity contribution in [2.24, 2.45) is 23.7 Å². The molecule has 0 amide bonds. The van der Waals surface area contributed by atoms with Crippen LogP contribution < -0.4 is 9.47 Å². The maximum atomic E-state index is 13.5. The fourth-order valence-corrected chi connectivity index (χ4v) is 6.37. The number of rotatable bonds is 6. The van der Waals surface area contributed by atoms with Crippen LogP contribution in [0.4, 0.5) is 0 Å². The molecular weight excluding hydrogens is 512 g/mol. The minimum Gasteiger partial charge on any atom is -0.481 e. The van der Waals surface area contributed by atoms with E-state index < -0.39 is 47.5 Å². The lowest BCUT2D eigenvalue weighted by atomic mass is 9.79. The second kappa shape index (κ2) is 11.3. The molecule has 2 aliphatic rings. The molecule has 8 heteroatoms. The largest absolute Gasteiger partial charge is 0.481 e. The van der Waals surface area contributed by atoms with E-state index in [9.17, 15) is 29.4 Å². The molecular formula is C32H34O8. The molecule has 3 aromatic rings. The highest BCUT2D eigenvalue weighted by Crippen LogP contribution is 2.45. The SMILES string of the molecule is Cc1ccc2c(OC(=O)C3CCCCC3C(=O)O)c3cc(C)ccc3c(OC(=O)C3CCCCC3C(=O)O)c2c1. The van der Waals surface area contributed by atoms with E-state index in [1.807, 2.05) is 50.2 Å². The second-order valence-electron chi connectivity index (χ2n) is 11.3. The molecule has 0 saturated heterocycles. The molecule has 4 atom stereocenters. The lowest BCUT2D eigenvalue weighted by Gasteiger charge is -2.28. The molecule has 8 nitrogen and oxygen atoms in total. The summed E-state index contributed by atoms with van der Waals surface area (Å²) in [6.45, 7) is 3.80. The normalized spacial score (nSPS) is 23.1. The van der Waals surface area contributed by atoms with Crippen molar-refractivity contribution in [1.29, 1.82) is 0 Å². The van der Waals surface area contributed by atoms with Crippen molar-refractivity contribution < 1.29 is 38.9 Å². The van der Waals surface area contributed by atoms with E-state index in [1.165, 1.54) is 0 Å². The zero-order chi connectivity index (χ0) is 28.6. The number of hydrogen-bond acceptors (Lipinski definition) is 6. The number of carboxylic acids is 2. The molecule has 3 aromatic carbocycles. The van der Waals surface area contributed by atoms with Gasteiger partial charge in [-0.25, -0.2) is 0 Å². The Morgan fingerprint density at radius 3 is 1.27 bits per heavy atom. The van der Waals surface area contributed by atoms with Gasteiger partial charge < -0.3 is 19.7 Å². The molecule has 0 bridgehead atoms. The van der Waals surface area contributed by atoms with E-state index in [0.717, 1.165) is 36.8 Å². The van der Waals surface area contributed by atoms with Gasteiger partial charge >= 0.3 is 23.9 Å². The Morgan fingerprint density at radius 1 is 0.575 bits per heavy atom. The molecule has 0 aromatic heterocycles. The van der Waals surface area contributed by atoms with Crippen LogP contribution in [0.5, 0.6) is 11.5 Å². The van der Waals surface area contributed by atoms with Crippen molar-refractivity contribution >= 4 is 45.4 Å². The van der Waals surface area contributed by atoms with Crippen LogP contribution in [0.2, 0.25) is 0 Å². The smallest absolute Gasteiger partial charge is 0.315 e. The highest BCUT2D eigenvalue weighted by atomic mass is 16.5. The summed E-state index contributed by atoms with van der Waals surface area (Å²) in [7, 11) is 0. The molecule has 0 radical (unpaired) electrons. The molecule has 0 spiro atoms. The predicted molar refractivity (Wildman–Crippen MR) is 148 cm³/mol.